The van der Waals surface area contributed by atoms with Gasteiger partial charge in [-0.2, -0.15) is 0 Å². The summed E-state index contributed by atoms with van der Waals surface area (Å²) < 4.78 is 5.39. The van der Waals surface area contributed by atoms with E-state index in [-0.39, 0.29) is 0 Å². The highest BCUT2D eigenvalue weighted by Crippen LogP contribution is 2.36. The average molecular weight is 200 g/mol. The van der Waals surface area contributed by atoms with Gasteiger partial charge in [-0.15, -0.1) is 0 Å². The van der Waals surface area contributed by atoms with Crippen LogP contribution in [0.2, 0.25) is 0 Å². The molecule has 3 heteroatoms. The summed E-state index contributed by atoms with van der Waals surface area (Å²) in [5.74, 6) is 0. The molecule has 0 heterocycles. The largest absolute Gasteiger partial charge is 0.380 e. The second-order valence-electron chi connectivity index (χ2n) is 4.06. The third-order valence-electron chi connectivity index (χ3n) is 3.43. The summed E-state index contributed by atoms with van der Waals surface area (Å²) in [6, 6.07) is 0. The highest BCUT2D eigenvalue weighted by molar-refractivity contribution is 4.98. The van der Waals surface area contributed by atoms with Crippen LogP contribution < -0.4 is 5.73 Å². The normalized spacial score (nSPS) is 19.7. The molecule has 0 bridgehead atoms. The minimum atomic E-state index is 0.311. The number of ether oxygens (including phenoxy) is 1. The molecule has 1 fully saturated rings. The maximum absolute atomic E-state index is 5.87. The van der Waals surface area contributed by atoms with Crippen molar-refractivity contribution >= 4 is 0 Å². The number of hydrogen-bond donors (Lipinski definition) is 1. The third-order valence-corrected chi connectivity index (χ3v) is 3.43. The zero-order chi connectivity index (χ0) is 10.4. The van der Waals surface area contributed by atoms with Gasteiger partial charge in [0.1, 0.15) is 0 Å². The summed E-state index contributed by atoms with van der Waals surface area (Å²) >= 11 is 0. The summed E-state index contributed by atoms with van der Waals surface area (Å²) in [5, 5.41) is 0. The lowest BCUT2D eigenvalue weighted by Gasteiger charge is -2.49. The monoisotopic (exact) mass is 200 g/mol. The molecule has 0 atom stereocenters. The number of hydrogen-bond acceptors (Lipinski definition) is 3. The van der Waals surface area contributed by atoms with E-state index >= 15 is 0 Å². The topological polar surface area (TPSA) is 38.5 Å². The van der Waals surface area contributed by atoms with E-state index in [1.807, 2.05) is 6.92 Å². The van der Waals surface area contributed by atoms with Crippen LogP contribution in [0.3, 0.4) is 0 Å². The molecule has 1 saturated carbocycles. The molecule has 0 unspecified atom stereocenters. The van der Waals surface area contributed by atoms with Gasteiger partial charge in [0.15, 0.2) is 0 Å². The predicted octanol–water partition coefficient (Wildman–Crippen LogP) is 1.23. The first-order valence-electron chi connectivity index (χ1n) is 5.82. The quantitative estimate of drug-likeness (QED) is 0.628. The molecule has 0 saturated heterocycles. The molecular weight excluding hydrogens is 176 g/mol. The van der Waals surface area contributed by atoms with Crippen LogP contribution >= 0.6 is 0 Å². The van der Waals surface area contributed by atoms with Gasteiger partial charge in [-0.1, -0.05) is 6.92 Å². The van der Waals surface area contributed by atoms with Gasteiger partial charge in [0.05, 0.1) is 6.61 Å². The van der Waals surface area contributed by atoms with Gasteiger partial charge >= 0.3 is 0 Å². The van der Waals surface area contributed by atoms with Crippen LogP contribution in [0, 0.1) is 0 Å². The second kappa shape index (κ2) is 5.69. The standard InChI is InChI=1S/C11H24N2O/c1-3-13(8-9-14-4-2)11(10-12)6-5-7-11/h3-10,12H2,1-2H3. The molecule has 1 aliphatic rings. The summed E-state index contributed by atoms with van der Waals surface area (Å²) in [6.45, 7) is 8.82. The maximum Gasteiger partial charge on any atom is 0.0593 e. The van der Waals surface area contributed by atoms with Crippen LogP contribution in [0.1, 0.15) is 33.1 Å². The summed E-state index contributed by atoms with van der Waals surface area (Å²) in [4.78, 5) is 2.49. The molecule has 0 amide bonds. The molecule has 84 valence electrons. The van der Waals surface area contributed by atoms with Crippen LogP contribution in [0.15, 0.2) is 0 Å². The lowest BCUT2D eigenvalue weighted by molar-refractivity contribution is 0.00409. The Labute approximate surface area is 87.6 Å². The first-order valence-corrected chi connectivity index (χ1v) is 5.82. The van der Waals surface area contributed by atoms with Gasteiger partial charge in [0.2, 0.25) is 0 Å². The predicted molar refractivity (Wildman–Crippen MR) is 59.4 cm³/mol. The lowest BCUT2D eigenvalue weighted by Crippen LogP contribution is -2.59. The Hall–Kier alpha value is -0.120. The molecule has 0 aromatic rings. The molecule has 1 aliphatic carbocycles. The number of rotatable bonds is 7. The minimum absolute atomic E-state index is 0.311. The van der Waals surface area contributed by atoms with Crippen molar-refractivity contribution in [2.75, 3.05) is 32.8 Å². The summed E-state index contributed by atoms with van der Waals surface area (Å²) in [6.07, 6.45) is 3.87. The Bertz CT molecular complexity index is 152. The van der Waals surface area contributed by atoms with E-state index in [4.69, 9.17) is 10.5 Å². The van der Waals surface area contributed by atoms with E-state index in [1.54, 1.807) is 0 Å². The van der Waals surface area contributed by atoms with Crippen molar-refractivity contribution in [3.05, 3.63) is 0 Å². The smallest absolute Gasteiger partial charge is 0.0593 e. The first-order chi connectivity index (χ1) is 6.79. The van der Waals surface area contributed by atoms with Crippen LogP contribution in [0.25, 0.3) is 0 Å². The van der Waals surface area contributed by atoms with Crippen molar-refractivity contribution in [1.29, 1.82) is 0 Å². The number of nitrogens with zero attached hydrogens (tertiary/aromatic N) is 1. The van der Waals surface area contributed by atoms with Crippen molar-refractivity contribution in [3.8, 4) is 0 Å². The highest BCUT2D eigenvalue weighted by atomic mass is 16.5. The fourth-order valence-electron chi connectivity index (χ4n) is 2.28. The Kier molecular flexibility index (Phi) is 4.85. The molecule has 0 aromatic heterocycles. The Morgan fingerprint density at radius 2 is 2.07 bits per heavy atom. The van der Waals surface area contributed by atoms with Crippen molar-refractivity contribution in [2.45, 2.75) is 38.6 Å². The van der Waals surface area contributed by atoms with Gasteiger partial charge in [-0.25, -0.2) is 0 Å². The lowest BCUT2D eigenvalue weighted by atomic mass is 9.75. The molecule has 1 rings (SSSR count). The first kappa shape index (κ1) is 12.0. The van der Waals surface area contributed by atoms with Crippen LogP contribution in [0.5, 0.6) is 0 Å². The Morgan fingerprint density at radius 3 is 2.43 bits per heavy atom. The van der Waals surface area contributed by atoms with E-state index in [2.05, 4.69) is 11.8 Å². The van der Waals surface area contributed by atoms with Crippen molar-refractivity contribution in [2.24, 2.45) is 5.73 Å². The zero-order valence-corrected chi connectivity index (χ0v) is 9.59. The summed E-state index contributed by atoms with van der Waals surface area (Å²) in [5.41, 5.74) is 6.18. The molecule has 0 aromatic carbocycles. The fourth-order valence-corrected chi connectivity index (χ4v) is 2.28. The maximum atomic E-state index is 5.87. The van der Waals surface area contributed by atoms with Crippen molar-refractivity contribution < 1.29 is 4.74 Å². The van der Waals surface area contributed by atoms with Gasteiger partial charge in [0, 0.05) is 25.2 Å². The molecule has 14 heavy (non-hydrogen) atoms. The Morgan fingerprint density at radius 1 is 1.36 bits per heavy atom. The van der Waals surface area contributed by atoms with Gasteiger partial charge < -0.3 is 10.5 Å². The van der Waals surface area contributed by atoms with E-state index in [0.29, 0.717) is 5.54 Å². The highest BCUT2D eigenvalue weighted by Gasteiger charge is 2.40. The molecule has 2 N–H and O–H groups in total. The minimum Gasteiger partial charge on any atom is -0.380 e. The van der Waals surface area contributed by atoms with Crippen molar-refractivity contribution in [1.82, 2.24) is 4.90 Å². The third kappa shape index (κ3) is 2.47. The summed E-state index contributed by atoms with van der Waals surface area (Å²) in [7, 11) is 0. The SMILES string of the molecule is CCOCCN(CC)C1(CN)CCC1. The molecule has 0 aliphatic heterocycles. The van der Waals surface area contributed by atoms with Crippen LogP contribution in [-0.4, -0.2) is 43.3 Å². The average Bonchev–Trinajstić information content (AvgIpc) is 2.14. The Balaban J connectivity index is 2.35. The molecular formula is C11H24N2O. The van der Waals surface area contributed by atoms with E-state index < -0.39 is 0 Å². The van der Waals surface area contributed by atoms with E-state index in [1.165, 1.54) is 19.3 Å². The van der Waals surface area contributed by atoms with Crippen LogP contribution in [-0.2, 0) is 4.74 Å². The fraction of sp³-hybridized carbons (Fsp3) is 1.00. The molecule has 0 spiro atoms. The van der Waals surface area contributed by atoms with Crippen LogP contribution in [0.4, 0.5) is 0 Å². The second-order valence-corrected chi connectivity index (χ2v) is 4.06. The number of nitrogens with two attached hydrogens (primary N) is 1. The molecule has 0 radical (unpaired) electrons. The number of likely N-dealkylation sites (N-methyl/N-ethyl adjacent to an activating group) is 1. The zero-order valence-electron chi connectivity index (χ0n) is 9.59. The van der Waals surface area contributed by atoms with Gasteiger partial charge in [-0.05, 0) is 32.7 Å². The van der Waals surface area contributed by atoms with Gasteiger partial charge in [-0.3, -0.25) is 4.90 Å². The van der Waals surface area contributed by atoms with E-state index in [0.717, 1.165) is 32.8 Å². The van der Waals surface area contributed by atoms with Crippen molar-refractivity contribution in [3.63, 3.8) is 0 Å². The van der Waals surface area contributed by atoms with E-state index in [9.17, 15) is 0 Å². The van der Waals surface area contributed by atoms with Gasteiger partial charge in [0.25, 0.3) is 0 Å². The molecule has 3 nitrogen and oxygen atoms in total.